The summed E-state index contributed by atoms with van der Waals surface area (Å²) in [6.45, 7) is 1.41. The first-order valence-electron chi connectivity index (χ1n) is 7.60. The number of amides is 2. The highest BCUT2D eigenvalue weighted by Gasteiger charge is 2.32. The highest BCUT2D eigenvalue weighted by Crippen LogP contribution is 2.34. The number of ether oxygens (including phenoxy) is 1. The fourth-order valence-corrected chi connectivity index (χ4v) is 2.76. The summed E-state index contributed by atoms with van der Waals surface area (Å²) >= 11 is 5.90. The van der Waals surface area contributed by atoms with Gasteiger partial charge in [0.1, 0.15) is 18.6 Å². The van der Waals surface area contributed by atoms with Crippen molar-refractivity contribution < 1.29 is 19.1 Å². The molecule has 2 aromatic carbocycles. The number of halogens is 1. The van der Waals surface area contributed by atoms with Crippen molar-refractivity contribution in [3.05, 3.63) is 53.1 Å². The number of nitrogens with one attached hydrogen (secondary N) is 1. The Morgan fingerprint density at radius 2 is 2.12 bits per heavy atom. The molecule has 7 heteroatoms. The Morgan fingerprint density at radius 3 is 2.84 bits per heavy atom. The smallest absolute Gasteiger partial charge is 0.268 e. The van der Waals surface area contributed by atoms with Gasteiger partial charge in [-0.15, -0.1) is 0 Å². The molecule has 6 nitrogen and oxygen atoms in total. The number of benzene rings is 2. The van der Waals surface area contributed by atoms with Gasteiger partial charge in [-0.25, -0.2) is 0 Å². The summed E-state index contributed by atoms with van der Waals surface area (Å²) in [5.74, 6) is -0.280. The Balaban J connectivity index is 1.84. The fourth-order valence-electron chi connectivity index (χ4n) is 2.57. The number of rotatable bonds is 4. The number of hydrogen-bond donors (Lipinski definition) is 1. The molecule has 1 heterocycles. The quantitative estimate of drug-likeness (QED) is 0.853. The lowest BCUT2D eigenvalue weighted by atomic mass is 10.1. The normalized spacial score (nSPS) is 16.0. The number of carbonyl (C=O) groups is 3. The van der Waals surface area contributed by atoms with Crippen LogP contribution in [-0.4, -0.2) is 30.7 Å². The van der Waals surface area contributed by atoms with Crippen molar-refractivity contribution in [1.82, 2.24) is 0 Å². The van der Waals surface area contributed by atoms with Crippen molar-refractivity contribution in [2.45, 2.75) is 13.0 Å². The minimum absolute atomic E-state index is 0.200. The summed E-state index contributed by atoms with van der Waals surface area (Å²) < 4.78 is 5.53. The van der Waals surface area contributed by atoms with E-state index in [1.165, 1.54) is 11.0 Å². The van der Waals surface area contributed by atoms with Crippen LogP contribution in [0.4, 0.5) is 11.4 Å². The van der Waals surface area contributed by atoms with E-state index < -0.39 is 6.10 Å². The fraction of sp³-hybridized carbons (Fsp3) is 0.167. The minimum Gasteiger partial charge on any atom is -0.479 e. The van der Waals surface area contributed by atoms with E-state index in [2.05, 4.69) is 5.32 Å². The third-order valence-corrected chi connectivity index (χ3v) is 3.97. The van der Waals surface area contributed by atoms with Gasteiger partial charge in [0.25, 0.3) is 5.91 Å². The third-order valence-electron chi connectivity index (χ3n) is 3.74. The summed E-state index contributed by atoms with van der Waals surface area (Å²) in [6.07, 6.45) is -0.0407. The molecular weight excluding hydrogens is 344 g/mol. The van der Waals surface area contributed by atoms with Gasteiger partial charge in [-0.1, -0.05) is 17.7 Å². The lowest BCUT2D eigenvalue weighted by molar-refractivity contribution is -0.127. The van der Waals surface area contributed by atoms with Gasteiger partial charge in [0.15, 0.2) is 6.10 Å². The topological polar surface area (TPSA) is 75.7 Å². The zero-order valence-electron chi connectivity index (χ0n) is 13.4. The molecule has 1 N–H and O–H groups in total. The van der Waals surface area contributed by atoms with Crippen LogP contribution in [0.1, 0.15) is 17.3 Å². The highest BCUT2D eigenvalue weighted by atomic mass is 35.5. The van der Waals surface area contributed by atoms with Crippen molar-refractivity contribution in [3.8, 4) is 5.75 Å². The summed E-state index contributed by atoms with van der Waals surface area (Å²) in [7, 11) is 0. The van der Waals surface area contributed by atoms with Crippen molar-refractivity contribution in [2.75, 3.05) is 16.8 Å². The van der Waals surface area contributed by atoms with Gasteiger partial charge in [-0.3, -0.25) is 19.3 Å². The molecule has 0 fully saturated rings. The maximum absolute atomic E-state index is 12.4. The average molecular weight is 359 g/mol. The summed E-state index contributed by atoms with van der Waals surface area (Å²) in [5.41, 5.74) is 1.33. The van der Waals surface area contributed by atoms with E-state index >= 15 is 0 Å². The Labute approximate surface area is 149 Å². The average Bonchev–Trinajstić information content (AvgIpc) is 2.58. The first-order chi connectivity index (χ1) is 12.0. The van der Waals surface area contributed by atoms with Crippen LogP contribution in [0.15, 0.2) is 42.5 Å². The number of hydrogen-bond acceptors (Lipinski definition) is 4. The zero-order valence-corrected chi connectivity index (χ0v) is 14.1. The van der Waals surface area contributed by atoms with Crippen LogP contribution in [0.2, 0.25) is 5.02 Å². The Kier molecular flexibility index (Phi) is 4.72. The molecule has 0 aliphatic carbocycles. The number of anilines is 2. The van der Waals surface area contributed by atoms with Crippen LogP contribution in [0.25, 0.3) is 0 Å². The molecule has 128 valence electrons. The van der Waals surface area contributed by atoms with E-state index in [1.54, 1.807) is 43.3 Å². The van der Waals surface area contributed by atoms with E-state index in [1.807, 2.05) is 0 Å². The summed E-state index contributed by atoms with van der Waals surface area (Å²) in [4.78, 5) is 37.1. The van der Waals surface area contributed by atoms with Crippen LogP contribution in [0.3, 0.4) is 0 Å². The maximum Gasteiger partial charge on any atom is 0.268 e. The van der Waals surface area contributed by atoms with Crippen molar-refractivity contribution in [1.29, 1.82) is 0 Å². The highest BCUT2D eigenvalue weighted by molar-refractivity contribution is 6.30. The van der Waals surface area contributed by atoms with Crippen LogP contribution < -0.4 is 15.0 Å². The number of fused-ring (bicyclic) bond motifs is 1. The second-order valence-corrected chi connectivity index (χ2v) is 6.02. The second kappa shape index (κ2) is 6.94. The van der Waals surface area contributed by atoms with E-state index in [9.17, 15) is 14.4 Å². The van der Waals surface area contributed by atoms with Crippen molar-refractivity contribution in [2.24, 2.45) is 0 Å². The summed E-state index contributed by atoms with van der Waals surface area (Å²) in [6, 6.07) is 11.5. The molecule has 1 aliphatic heterocycles. The third kappa shape index (κ3) is 3.64. The molecule has 3 rings (SSSR count). The molecule has 1 aliphatic rings. The largest absolute Gasteiger partial charge is 0.479 e. The van der Waals surface area contributed by atoms with Crippen molar-refractivity contribution in [3.63, 3.8) is 0 Å². The van der Waals surface area contributed by atoms with Gasteiger partial charge in [0.05, 0.1) is 5.69 Å². The van der Waals surface area contributed by atoms with Crippen LogP contribution in [0.5, 0.6) is 5.75 Å². The zero-order chi connectivity index (χ0) is 18.0. The molecule has 0 saturated heterocycles. The van der Waals surface area contributed by atoms with E-state index in [-0.39, 0.29) is 18.4 Å². The molecule has 2 aromatic rings. The van der Waals surface area contributed by atoms with Crippen LogP contribution >= 0.6 is 11.6 Å². The maximum atomic E-state index is 12.4. The van der Waals surface area contributed by atoms with Gasteiger partial charge < -0.3 is 10.1 Å². The van der Waals surface area contributed by atoms with E-state index in [0.717, 1.165) is 0 Å². The molecule has 0 saturated carbocycles. The number of carbonyl (C=O) groups excluding carboxylic acids is 3. The molecule has 25 heavy (non-hydrogen) atoms. The van der Waals surface area contributed by atoms with Gasteiger partial charge in [0.2, 0.25) is 5.91 Å². The minimum atomic E-state index is -0.714. The number of aldehydes is 1. The molecule has 0 radical (unpaired) electrons. The monoisotopic (exact) mass is 358 g/mol. The molecule has 1 unspecified atom stereocenters. The Morgan fingerprint density at radius 1 is 1.32 bits per heavy atom. The van der Waals surface area contributed by atoms with Gasteiger partial charge in [-0.2, -0.15) is 0 Å². The van der Waals surface area contributed by atoms with Gasteiger partial charge in [0, 0.05) is 16.3 Å². The van der Waals surface area contributed by atoms with E-state index in [4.69, 9.17) is 16.3 Å². The molecular formula is C18H15ClN2O4. The molecule has 1 atom stereocenters. The van der Waals surface area contributed by atoms with Gasteiger partial charge >= 0.3 is 0 Å². The number of nitrogens with zero attached hydrogens (tertiary/aromatic N) is 1. The Bertz CT molecular complexity index is 853. The first-order valence-corrected chi connectivity index (χ1v) is 7.98. The Hall–Kier alpha value is -2.86. The second-order valence-electron chi connectivity index (χ2n) is 5.59. The predicted octanol–water partition coefficient (Wildman–Crippen LogP) is 2.91. The molecule has 2 amide bonds. The lowest BCUT2D eigenvalue weighted by Gasteiger charge is -2.32. The summed E-state index contributed by atoms with van der Waals surface area (Å²) in [5, 5.41) is 3.19. The molecule has 0 spiro atoms. The lowest BCUT2D eigenvalue weighted by Crippen LogP contribution is -2.47. The van der Waals surface area contributed by atoms with E-state index in [0.29, 0.717) is 34.0 Å². The SMILES string of the molecule is CC1Oc2ccc(C=O)cc2N(CC(=O)Nc2cccc(Cl)c2)C1=O. The standard InChI is InChI=1S/C18H15ClN2O4/c1-11-18(24)21(15-7-12(10-22)5-6-16(15)25-11)9-17(23)20-14-4-2-3-13(19)8-14/h2-8,10-11H,9H2,1H3,(H,20,23). The predicted molar refractivity (Wildman–Crippen MR) is 94.4 cm³/mol. The van der Waals surface area contributed by atoms with Crippen LogP contribution in [-0.2, 0) is 9.59 Å². The van der Waals surface area contributed by atoms with Crippen molar-refractivity contribution >= 4 is 41.1 Å². The van der Waals surface area contributed by atoms with Gasteiger partial charge in [-0.05, 0) is 43.3 Å². The first kappa shape index (κ1) is 17.0. The van der Waals surface area contributed by atoms with Crippen LogP contribution in [0, 0.1) is 0 Å². The molecule has 0 aromatic heterocycles. The molecule has 0 bridgehead atoms.